The van der Waals surface area contributed by atoms with Gasteiger partial charge in [-0.25, -0.2) is 0 Å². The second-order valence-corrected chi connectivity index (χ2v) is 3.36. The Labute approximate surface area is 82.6 Å². The Hall–Kier alpha value is -0.610. The van der Waals surface area contributed by atoms with Gasteiger partial charge in [0.1, 0.15) is 0 Å². The molecule has 0 unspecified atom stereocenters. The van der Waals surface area contributed by atoms with Crippen LogP contribution in [0.1, 0.15) is 10.4 Å². The topological polar surface area (TPSA) is 34.1 Å². The lowest BCUT2D eigenvalue weighted by Gasteiger charge is -1.92. The maximum absolute atomic E-state index is 11.1. The van der Waals surface area contributed by atoms with Crippen molar-refractivity contribution in [3.05, 3.63) is 29.8 Å². The molecule has 4 heteroatoms. The SMILES string of the molecule is O=[S+]c1ccc(C(=O)CBr)cc1. The van der Waals surface area contributed by atoms with Crippen LogP contribution in [-0.4, -0.2) is 11.1 Å². The van der Waals surface area contributed by atoms with Gasteiger partial charge in [0, 0.05) is 21.9 Å². The van der Waals surface area contributed by atoms with E-state index in [1.807, 2.05) is 0 Å². The minimum atomic E-state index is 0.0254. The number of alkyl halides is 1. The number of halogens is 1. The Morgan fingerprint density at radius 3 is 2.33 bits per heavy atom. The highest BCUT2D eigenvalue weighted by molar-refractivity contribution is 9.09. The highest BCUT2D eigenvalue weighted by Gasteiger charge is 2.08. The first-order chi connectivity index (χ1) is 5.77. The van der Waals surface area contributed by atoms with E-state index in [1.165, 1.54) is 0 Å². The van der Waals surface area contributed by atoms with Crippen molar-refractivity contribution in [3.63, 3.8) is 0 Å². The number of ketones is 1. The molecule has 0 bridgehead atoms. The standard InChI is InChI=1S/C8H6BrO2S/c9-5-8(10)6-1-3-7(12-11)4-2-6/h1-4H,5H2/q+1. The first-order valence-electron chi connectivity index (χ1n) is 3.27. The van der Waals surface area contributed by atoms with Gasteiger partial charge in [-0.1, -0.05) is 15.9 Å². The van der Waals surface area contributed by atoms with Crippen LogP contribution in [0.25, 0.3) is 0 Å². The van der Waals surface area contributed by atoms with Crippen molar-refractivity contribution in [3.8, 4) is 0 Å². The van der Waals surface area contributed by atoms with Crippen molar-refractivity contribution in [2.24, 2.45) is 0 Å². The molecule has 12 heavy (non-hydrogen) atoms. The predicted octanol–water partition coefficient (Wildman–Crippen LogP) is 2.05. The zero-order valence-corrected chi connectivity index (χ0v) is 8.52. The smallest absolute Gasteiger partial charge is 0.293 e. The van der Waals surface area contributed by atoms with Crippen molar-refractivity contribution in [1.82, 2.24) is 0 Å². The Bertz CT molecular complexity index is 294. The zero-order chi connectivity index (χ0) is 8.97. The molecule has 2 nitrogen and oxygen atoms in total. The maximum Gasteiger partial charge on any atom is 0.505 e. The highest BCUT2D eigenvalue weighted by Crippen LogP contribution is 2.06. The van der Waals surface area contributed by atoms with Gasteiger partial charge in [0.15, 0.2) is 5.78 Å². The normalized spacial score (nSPS) is 9.42. The van der Waals surface area contributed by atoms with Crippen LogP contribution in [0.2, 0.25) is 0 Å². The fourth-order valence-electron chi connectivity index (χ4n) is 0.774. The number of hydrogen-bond acceptors (Lipinski definition) is 2. The van der Waals surface area contributed by atoms with E-state index in [2.05, 4.69) is 15.9 Å². The van der Waals surface area contributed by atoms with E-state index in [1.54, 1.807) is 24.3 Å². The average molecular weight is 246 g/mol. The van der Waals surface area contributed by atoms with Crippen molar-refractivity contribution in [1.29, 1.82) is 0 Å². The van der Waals surface area contributed by atoms with Crippen molar-refractivity contribution in [2.45, 2.75) is 4.90 Å². The molecule has 0 spiro atoms. The second-order valence-electron chi connectivity index (χ2n) is 2.16. The molecular formula is C8H6BrO2S+. The largest absolute Gasteiger partial charge is 0.505 e. The molecule has 0 N–H and O–H groups in total. The summed E-state index contributed by atoms with van der Waals surface area (Å²) in [4.78, 5) is 11.7. The summed E-state index contributed by atoms with van der Waals surface area (Å²) in [5, 5.41) is 0.316. The molecule has 0 aromatic heterocycles. The van der Waals surface area contributed by atoms with Gasteiger partial charge in [0.05, 0.1) is 5.33 Å². The molecule has 62 valence electrons. The molecule has 0 saturated heterocycles. The monoisotopic (exact) mass is 245 g/mol. The molecular weight excluding hydrogens is 240 g/mol. The summed E-state index contributed by atoms with van der Waals surface area (Å²) in [5.41, 5.74) is 0.629. The van der Waals surface area contributed by atoms with E-state index in [0.717, 1.165) is 0 Å². The molecule has 0 heterocycles. The van der Waals surface area contributed by atoms with Gasteiger partial charge in [-0.05, 0) is 12.1 Å². The Balaban J connectivity index is 2.91. The Morgan fingerprint density at radius 1 is 1.33 bits per heavy atom. The van der Waals surface area contributed by atoms with Crippen LogP contribution in [0.3, 0.4) is 0 Å². The lowest BCUT2D eigenvalue weighted by atomic mass is 10.2. The van der Waals surface area contributed by atoms with Gasteiger partial charge >= 0.3 is 11.7 Å². The van der Waals surface area contributed by atoms with Gasteiger partial charge in [0.25, 0.3) is 4.90 Å². The Kier molecular flexibility index (Phi) is 3.49. The van der Waals surface area contributed by atoms with Crippen LogP contribution in [-0.2, 0) is 15.9 Å². The summed E-state index contributed by atoms with van der Waals surface area (Å²) in [7, 11) is 0. The molecule has 1 aromatic rings. The fraction of sp³-hybridized carbons (Fsp3) is 0.125. The second kappa shape index (κ2) is 4.42. The molecule has 0 amide bonds. The van der Waals surface area contributed by atoms with Crippen LogP contribution < -0.4 is 0 Å². The van der Waals surface area contributed by atoms with E-state index >= 15 is 0 Å². The third-order valence-electron chi connectivity index (χ3n) is 1.39. The molecule has 0 atom stereocenters. The van der Waals surface area contributed by atoms with E-state index < -0.39 is 0 Å². The summed E-state index contributed by atoms with van der Waals surface area (Å²) in [6.45, 7) is 0. The van der Waals surface area contributed by atoms with Gasteiger partial charge in [0.2, 0.25) is 0 Å². The van der Waals surface area contributed by atoms with Gasteiger partial charge in [-0.15, -0.1) is 0 Å². The summed E-state index contributed by atoms with van der Waals surface area (Å²) < 4.78 is 10.3. The van der Waals surface area contributed by atoms with Crippen LogP contribution in [0.4, 0.5) is 0 Å². The van der Waals surface area contributed by atoms with Gasteiger partial charge in [-0.3, -0.25) is 4.79 Å². The number of rotatable bonds is 3. The average Bonchev–Trinajstić information content (AvgIpc) is 2.17. The van der Waals surface area contributed by atoms with Gasteiger partial charge in [-0.2, -0.15) is 0 Å². The van der Waals surface area contributed by atoms with Gasteiger partial charge < -0.3 is 0 Å². The number of carbonyl (C=O) groups is 1. The van der Waals surface area contributed by atoms with Crippen LogP contribution in [0, 0.1) is 0 Å². The first-order valence-corrected chi connectivity index (χ1v) is 5.13. The molecule has 0 aliphatic rings. The number of carbonyl (C=O) groups excluding carboxylic acids is 1. The van der Waals surface area contributed by atoms with Crippen LogP contribution in [0.5, 0.6) is 0 Å². The first kappa shape index (κ1) is 9.48. The number of hydrogen-bond donors (Lipinski definition) is 0. The predicted molar refractivity (Wildman–Crippen MR) is 50.9 cm³/mol. The third-order valence-corrected chi connectivity index (χ3v) is 2.37. The third kappa shape index (κ3) is 2.19. The van der Waals surface area contributed by atoms with Crippen molar-refractivity contribution < 1.29 is 9.00 Å². The molecule has 0 aliphatic heterocycles. The molecule has 0 fully saturated rings. The van der Waals surface area contributed by atoms with Crippen molar-refractivity contribution >= 4 is 33.4 Å². The minimum Gasteiger partial charge on any atom is -0.293 e. The maximum atomic E-state index is 11.1. The summed E-state index contributed by atoms with van der Waals surface area (Å²) in [6.07, 6.45) is 0. The van der Waals surface area contributed by atoms with E-state index in [-0.39, 0.29) is 5.78 Å². The Morgan fingerprint density at radius 2 is 1.92 bits per heavy atom. The molecule has 1 rings (SSSR count). The highest BCUT2D eigenvalue weighted by atomic mass is 79.9. The summed E-state index contributed by atoms with van der Waals surface area (Å²) >= 11 is 3.49. The van der Waals surface area contributed by atoms with E-state index in [4.69, 9.17) is 0 Å². The lowest BCUT2D eigenvalue weighted by molar-refractivity contribution is 0.102. The fourth-order valence-corrected chi connectivity index (χ4v) is 1.34. The molecule has 0 saturated carbocycles. The van der Waals surface area contributed by atoms with E-state index in [9.17, 15) is 9.00 Å². The summed E-state index contributed by atoms with van der Waals surface area (Å²) in [6, 6.07) is 6.61. The summed E-state index contributed by atoms with van der Waals surface area (Å²) in [5.74, 6) is 0.0254. The zero-order valence-electron chi connectivity index (χ0n) is 6.12. The van der Waals surface area contributed by atoms with Crippen LogP contribution >= 0.6 is 15.9 Å². The number of Topliss-reactive ketones (excluding diaryl/α,β-unsaturated/α-hetero) is 1. The molecule has 1 aromatic carbocycles. The quantitative estimate of drug-likeness (QED) is 0.464. The molecule has 0 aliphatic carbocycles. The molecule has 0 radical (unpaired) electrons. The van der Waals surface area contributed by atoms with Crippen molar-refractivity contribution in [2.75, 3.05) is 5.33 Å². The number of benzene rings is 1. The lowest BCUT2D eigenvalue weighted by Crippen LogP contribution is -1.98. The van der Waals surface area contributed by atoms with E-state index in [0.29, 0.717) is 27.5 Å². The minimum absolute atomic E-state index is 0.0254. The van der Waals surface area contributed by atoms with Crippen LogP contribution in [0.15, 0.2) is 29.2 Å².